The van der Waals surface area contributed by atoms with Crippen molar-refractivity contribution in [1.82, 2.24) is 4.98 Å². The van der Waals surface area contributed by atoms with Gasteiger partial charge in [-0.1, -0.05) is 12.1 Å². The molecule has 0 saturated carbocycles. The van der Waals surface area contributed by atoms with Gasteiger partial charge < -0.3 is 15.5 Å². The molecule has 0 spiro atoms. The summed E-state index contributed by atoms with van der Waals surface area (Å²) < 4.78 is 5.52. The van der Waals surface area contributed by atoms with Crippen LogP contribution in [0.3, 0.4) is 0 Å². The zero-order valence-corrected chi connectivity index (χ0v) is 9.44. The van der Waals surface area contributed by atoms with Crippen LogP contribution in [0.1, 0.15) is 19.8 Å². The lowest BCUT2D eigenvalue weighted by molar-refractivity contribution is 0.598. The minimum absolute atomic E-state index is 0.255. The fourth-order valence-corrected chi connectivity index (χ4v) is 1.57. The number of nitrogens with zero attached hydrogens (tertiary/aromatic N) is 1. The van der Waals surface area contributed by atoms with E-state index >= 15 is 0 Å². The SMILES string of the molecule is CC(N)CCCNc1nc2ccccc2o1. The van der Waals surface area contributed by atoms with Crippen LogP contribution in [0.5, 0.6) is 0 Å². The molecule has 4 nitrogen and oxygen atoms in total. The molecule has 0 bridgehead atoms. The Bertz CT molecular complexity index is 417. The highest BCUT2D eigenvalue weighted by atomic mass is 16.4. The highest BCUT2D eigenvalue weighted by molar-refractivity contribution is 5.74. The molecule has 0 radical (unpaired) electrons. The van der Waals surface area contributed by atoms with Crippen LogP contribution in [0.15, 0.2) is 28.7 Å². The number of nitrogens with two attached hydrogens (primary N) is 1. The van der Waals surface area contributed by atoms with Crippen LogP contribution in [0, 0.1) is 0 Å². The standard InChI is InChI=1S/C12H17N3O/c1-9(13)5-4-8-14-12-15-10-6-2-3-7-11(10)16-12/h2-3,6-7,9H,4-5,8,13H2,1H3,(H,14,15). The minimum Gasteiger partial charge on any atom is -0.424 e. The highest BCUT2D eigenvalue weighted by Crippen LogP contribution is 2.17. The van der Waals surface area contributed by atoms with Crippen LogP contribution in [0.4, 0.5) is 6.01 Å². The molecule has 3 N–H and O–H groups in total. The van der Waals surface area contributed by atoms with Crippen molar-refractivity contribution in [2.75, 3.05) is 11.9 Å². The Hall–Kier alpha value is -1.55. The van der Waals surface area contributed by atoms with Gasteiger partial charge in [-0.2, -0.15) is 4.98 Å². The summed E-state index contributed by atoms with van der Waals surface area (Å²) in [6, 6.07) is 8.58. The summed E-state index contributed by atoms with van der Waals surface area (Å²) in [6.07, 6.45) is 2.03. The van der Waals surface area contributed by atoms with E-state index in [9.17, 15) is 0 Å². The number of para-hydroxylation sites is 2. The molecule has 2 aromatic rings. The van der Waals surface area contributed by atoms with Crippen LogP contribution in [-0.4, -0.2) is 17.6 Å². The first-order valence-electron chi connectivity index (χ1n) is 5.61. The van der Waals surface area contributed by atoms with E-state index in [0.29, 0.717) is 6.01 Å². The molecule has 1 unspecified atom stereocenters. The van der Waals surface area contributed by atoms with E-state index in [4.69, 9.17) is 10.2 Å². The van der Waals surface area contributed by atoms with Gasteiger partial charge in [0.05, 0.1) is 0 Å². The molecular weight excluding hydrogens is 202 g/mol. The molecule has 0 aliphatic rings. The van der Waals surface area contributed by atoms with E-state index in [1.165, 1.54) is 0 Å². The summed E-state index contributed by atoms with van der Waals surface area (Å²) in [5.74, 6) is 0. The summed E-state index contributed by atoms with van der Waals surface area (Å²) in [4.78, 5) is 4.32. The Balaban J connectivity index is 1.89. The maximum atomic E-state index is 5.67. The first-order valence-corrected chi connectivity index (χ1v) is 5.61. The zero-order chi connectivity index (χ0) is 11.4. The number of hydrogen-bond acceptors (Lipinski definition) is 4. The number of benzene rings is 1. The van der Waals surface area contributed by atoms with Gasteiger partial charge in [-0.05, 0) is 31.9 Å². The maximum absolute atomic E-state index is 5.67. The Morgan fingerprint density at radius 3 is 3.00 bits per heavy atom. The van der Waals surface area contributed by atoms with Gasteiger partial charge in [0, 0.05) is 12.6 Å². The Morgan fingerprint density at radius 1 is 1.44 bits per heavy atom. The van der Waals surface area contributed by atoms with E-state index in [0.717, 1.165) is 30.5 Å². The van der Waals surface area contributed by atoms with Gasteiger partial charge in [0.1, 0.15) is 5.52 Å². The van der Waals surface area contributed by atoms with Crippen molar-refractivity contribution in [2.24, 2.45) is 5.73 Å². The van der Waals surface area contributed by atoms with Crippen molar-refractivity contribution in [3.63, 3.8) is 0 Å². The molecule has 2 rings (SSSR count). The van der Waals surface area contributed by atoms with Crippen LogP contribution in [0.25, 0.3) is 11.1 Å². The zero-order valence-electron chi connectivity index (χ0n) is 9.44. The predicted octanol–water partition coefficient (Wildman–Crippen LogP) is 2.37. The predicted molar refractivity (Wildman–Crippen MR) is 65.4 cm³/mol. The topological polar surface area (TPSA) is 64.1 Å². The minimum atomic E-state index is 0.255. The largest absolute Gasteiger partial charge is 0.424 e. The van der Waals surface area contributed by atoms with Gasteiger partial charge in [-0.3, -0.25) is 0 Å². The third-order valence-electron chi connectivity index (χ3n) is 2.41. The van der Waals surface area contributed by atoms with Crippen molar-refractivity contribution < 1.29 is 4.42 Å². The molecule has 1 atom stereocenters. The fourth-order valence-electron chi connectivity index (χ4n) is 1.57. The summed E-state index contributed by atoms with van der Waals surface area (Å²) in [5.41, 5.74) is 7.37. The van der Waals surface area contributed by atoms with Crippen LogP contribution < -0.4 is 11.1 Å². The van der Waals surface area contributed by atoms with Crippen molar-refractivity contribution in [1.29, 1.82) is 0 Å². The van der Waals surface area contributed by atoms with Gasteiger partial charge in [-0.25, -0.2) is 0 Å². The van der Waals surface area contributed by atoms with Crippen LogP contribution >= 0.6 is 0 Å². The van der Waals surface area contributed by atoms with E-state index in [1.807, 2.05) is 31.2 Å². The molecule has 1 heterocycles. The lowest BCUT2D eigenvalue weighted by atomic mass is 10.2. The number of fused-ring (bicyclic) bond motifs is 1. The molecule has 0 aliphatic heterocycles. The highest BCUT2D eigenvalue weighted by Gasteiger charge is 2.03. The van der Waals surface area contributed by atoms with Crippen molar-refractivity contribution in [2.45, 2.75) is 25.8 Å². The molecule has 16 heavy (non-hydrogen) atoms. The van der Waals surface area contributed by atoms with Gasteiger partial charge in [0.2, 0.25) is 0 Å². The van der Waals surface area contributed by atoms with E-state index < -0.39 is 0 Å². The third-order valence-corrected chi connectivity index (χ3v) is 2.41. The number of nitrogens with one attached hydrogen (secondary N) is 1. The molecule has 0 fully saturated rings. The third kappa shape index (κ3) is 2.73. The van der Waals surface area contributed by atoms with Gasteiger partial charge >= 0.3 is 0 Å². The smallest absolute Gasteiger partial charge is 0.295 e. The normalized spacial score (nSPS) is 12.9. The summed E-state index contributed by atoms with van der Waals surface area (Å²) >= 11 is 0. The molecule has 0 amide bonds. The number of oxazole rings is 1. The first-order chi connectivity index (χ1) is 7.75. The monoisotopic (exact) mass is 219 g/mol. The average molecular weight is 219 g/mol. The number of hydrogen-bond donors (Lipinski definition) is 2. The molecule has 1 aromatic heterocycles. The van der Waals surface area contributed by atoms with Crippen LogP contribution in [-0.2, 0) is 0 Å². The average Bonchev–Trinajstić information content (AvgIpc) is 2.66. The number of aromatic nitrogens is 1. The maximum Gasteiger partial charge on any atom is 0.295 e. The van der Waals surface area contributed by atoms with Gasteiger partial charge in [0.25, 0.3) is 6.01 Å². The molecule has 86 valence electrons. The lowest BCUT2D eigenvalue weighted by Crippen LogP contribution is -2.16. The van der Waals surface area contributed by atoms with Gasteiger partial charge in [-0.15, -0.1) is 0 Å². The van der Waals surface area contributed by atoms with Crippen molar-refractivity contribution in [3.05, 3.63) is 24.3 Å². The van der Waals surface area contributed by atoms with Crippen molar-refractivity contribution >= 4 is 17.1 Å². The van der Waals surface area contributed by atoms with Crippen molar-refractivity contribution in [3.8, 4) is 0 Å². The Morgan fingerprint density at radius 2 is 2.25 bits per heavy atom. The number of anilines is 1. The van der Waals surface area contributed by atoms with E-state index in [2.05, 4.69) is 10.3 Å². The van der Waals surface area contributed by atoms with E-state index in [-0.39, 0.29) is 6.04 Å². The lowest BCUT2D eigenvalue weighted by Gasteiger charge is -2.04. The van der Waals surface area contributed by atoms with Crippen LogP contribution in [0.2, 0.25) is 0 Å². The second-order valence-electron chi connectivity index (χ2n) is 4.03. The summed E-state index contributed by atoms with van der Waals surface area (Å²) in [6.45, 7) is 2.85. The summed E-state index contributed by atoms with van der Waals surface area (Å²) in [5, 5.41) is 3.16. The Labute approximate surface area is 94.8 Å². The second kappa shape index (κ2) is 4.99. The van der Waals surface area contributed by atoms with Gasteiger partial charge in [0.15, 0.2) is 5.58 Å². The quantitative estimate of drug-likeness (QED) is 0.758. The molecule has 1 aromatic carbocycles. The number of rotatable bonds is 5. The Kier molecular flexibility index (Phi) is 3.41. The first kappa shape index (κ1) is 11.0. The fraction of sp³-hybridized carbons (Fsp3) is 0.417. The summed E-state index contributed by atoms with van der Waals surface area (Å²) in [7, 11) is 0. The second-order valence-corrected chi connectivity index (χ2v) is 4.03. The molecule has 4 heteroatoms. The molecule has 0 aliphatic carbocycles. The van der Waals surface area contributed by atoms with E-state index in [1.54, 1.807) is 0 Å². The molecule has 0 saturated heterocycles. The molecular formula is C12H17N3O.